The van der Waals surface area contributed by atoms with Crippen LogP contribution >= 0.6 is 11.6 Å². The molecule has 2 saturated heterocycles. The van der Waals surface area contributed by atoms with Crippen LogP contribution in [0.1, 0.15) is 47.6 Å². The van der Waals surface area contributed by atoms with Gasteiger partial charge in [-0.1, -0.05) is 35.9 Å². The smallest absolute Gasteiger partial charge is 0.257 e. The average molecular weight is 523 g/mol. The van der Waals surface area contributed by atoms with Crippen molar-refractivity contribution in [3.05, 3.63) is 65.2 Å². The molecule has 0 aliphatic carbocycles. The number of likely N-dealkylation sites (tertiary alicyclic amines) is 1. The highest BCUT2D eigenvalue weighted by molar-refractivity contribution is 6.36. The third kappa shape index (κ3) is 5.36. The molecule has 2 amide bonds. The zero-order valence-electron chi connectivity index (χ0n) is 20.9. The van der Waals surface area contributed by atoms with Crippen molar-refractivity contribution in [1.82, 2.24) is 14.5 Å². The molecule has 37 heavy (non-hydrogen) atoms. The number of imidazole rings is 1. The van der Waals surface area contributed by atoms with E-state index in [9.17, 15) is 9.59 Å². The van der Waals surface area contributed by atoms with Crippen molar-refractivity contribution in [3.63, 3.8) is 0 Å². The lowest BCUT2D eigenvalue weighted by Gasteiger charge is -2.26. The van der Waals surface area contributed by atoms with Gasteiger partial charge in [0.15, 0.2) is 0 Å². The van der Waals surface area contributed by atoms with Crippen LogP contribution in [0.15, 0.2) is 49.1 Å². The Morgan fingerprint density at radius 2 is 2.11 bits per heavy atom. The fourth-order valence-electron chi connectivity index (χ4n) is 5.07. The van der Waals surface area contributed by atoms with Crippen molar-refractivity contribution in [2.24, 2.45) is 0 Å². The molecule has 0 radical (unpaired) electrons. The zero-order valence-corrected chi connectivity index (χ0v) is 21.7. The number of carbonyl (C=O) groups is 2. The topological polar surface area (TPSA) is 85.7 Å². The first-order chi connectivity index (χ1) is 17.9. The molecule has 3 heterocycles. The number of fused-ring (bicyclic) bond motifs is 1. The molecule has 0 bridgehead atoms. The van der Waals surface area contributed by atoms with Crippen molar-refractivity contribution in [3.8, 4) is 5.75 Å². The van der Waals surface area contributed by atoms with E-state index in [2.05, 4.69) is 11.9 Å². The number of anilines is 1. The van der Waals surface area contributed by atoms with Crippen molar-refractivity contribution in [1.29, 1.82) is 0 Å². The summed E-state index contributed by atoms with van der Waals surface area (Å²) >= 11 is 6.96. The Balaban J connectivity index is 1.58. The number of nitrogens with one attached hydrogen (secondary N) is 1. The minimum Gasteiger partial charge on any atom is -0.486 e. The van der Waals surface area contributed by atoms with Crippen molar-refractivity contribution in [2.75, 3.05) is 31.6 Å². The third-order valence-corrected chi connectivity index (χ3v) is 7.31. The number of ether oxygens (including phenoxy) is 2. The van der Waals surface area contributed by atoms with Gasteiger partial charge in [0.05, 0.1) is 30.3 Å². The highest BCUT2D eigenvalue weighted by atomic mass is 35.5. The quantitative estimate of drug-likeness (QED) is 0.452. The molecule has 194 valence electrons. The molecule has 1 aromatic heterocycles. The largest absolute Gasteiger partial charge is 0.486 e. The van der Waals surface area contributed by atoms with Crippen LogP contribution in [0.2, 0.25) is 5.02 Å². The molecule has 8 nitrogen and oxygen atoms in total. The Labute approximate surface area is 221 Å². The number of rotatable bonds is 6. The van der Waals surface area contributed by atoms with Gasteiger partial charge >= 0.3 is 0 Å². The van der Waals surface area contributed by atoms with Gasteiger partial charge in [-0.2, -0.15) is 0 Å². The summed E-state index contributed by atoms with van der Waals surface area (Å²) in [6.07, 6.45) is 4.69. The van der Waals surface area contributed by atoms with Crippen LogP contribution in [0.3, 0.4) is 0 Å². The van der Waals surface area contributed by atoms with Gasteiger partial charge in [-0.3, -0.25) is 14.9 Å². The molecular formula is C28H31ClN4O4. The number of amides is 2. The lowest BCUT2D eigenvalue weighted by atomic mass is 10.1. The van der Waals surface area contributed by atoms with Crippen LogP contribution in [-0.2, 0) is 9.53 Å². The summed E-state index contributed by atoms with van der Waals surface area (Å²) in [5, 5.41) is 3.44. The number of hydrogen-bond donors (Lipinski definition) is 1. The van der Waals surface area contributed by atoms with Gasteiger partial charge in [-0.25, -0.2) is 4.98 Å². The van der Waals surface area contributed by atoms with E-state index in [-0.39, 0.29) is 24.0 Å². The fraction of sp³-hybridized carbons (Fsp3) is 0.393. The first-order valence-corrected chi connectivity index (χ1v) is 13.1. The van der Waals surface area contributed by atoms with Gasteiger partial charge in [0, 0.05) is 25.1 Å². The van der Waals surface area contributed by atoms with Crippen molar-refractivity contribution >= 4 is 40.4 Å². The molecule has 0 spiro atoms. The first-order valence-electron chi connectivity index (χ1n) is 12.7. The Kier molecular flexibility index (Phi) is 7.48. The minimum atomic E-state index is -0.261. The molecule has 5 rings (SSSR count). The predicted molar refractivity (Wildman–Crippen MR) is 143 cm³/mol. The van der Waals surface area contributed by atoms with Crippen molar-refractivity contribution in [2.45, 2.75) is 44.8 Å². The molecule has 2 fully saturated rings. The number of carbonyl (C=O) groups excluding carboxylic acids is 2. The Morgan fingerprint density at radius 3 is 2.86 bits per heavy atom. The van der Waals surface area contributed by atoms with E-state index in [0.29, 0.717) is 59.6 Å². The number of benzene rings is 2. The van der Waals surface area contributed by atoms with E-state index in [0.717, 1.165) is 31.2 Å². The predicted octanol–water partition coefficient (Wildman–Crippen LogP) is 5.16. The molecule has 1 N–H and O–H groups in total. The van der Waals surface area contributed by atoms with E-state index in [1.54, 1.807) is 11.0 Å². The van der Waals surface area contributed by atoms with E-state index in [4.69, 9.17) is 26.1 Å². The van der Waals surface area contributed by atoms with Gasteiger partial charge in [0.25, 0.3) is 5.91 Å². The highest BCUT2D eigenvalue weighted by Crippen LogP contribution is 2.39. The summed E-state index contributed by atoms with van der Waals surface area (Å²) in [4.78, 5) is 32.4. The van der Waals surface area contributed by atoms with E-state index in [1.165, 1.54) is 6.08 Å². The molecule has 2 aliphatic heterocycles. The van der Waals surface area contributed by atoms with Gasteiger partial charge < -0.3 is 18.9 Å². The molecule has 0 saturated carbocycles. The van der Waals surface area contributed by atoms with Gasteiger partial charge in [-0.05, 0) is 56.5 Å². The lowest BCUT2D eigenvalue weighted by Crippen LogP contribution is -2.34. The second-order valence-corrected chi connectivity index (χ2v) is 9.99. The van der Waals surface area contributed by atoms with Crippen LogP contribution in [-0.4, -0.2) is 58.7 Å². The highest BCUT2D eigenvalue weighted by Gasteiger charge is 2.29. The number of aromatic nitrogens is 2. The zero-order chi connectivity index (χ0) is 25.9. The number of hydrogen-bond acceptors (Lipinski definition) is 5. The van der Waals surface area contributed by atoms with Crippen LogP contribution in [0, 0.1) is 6.92 Å². The van der Waals surface area contributed by atoms with E-state index >= 15 is 0 Å². The Morgan fingerprint density at radius 1 is 1.24 bits per heavy atom. The summed E-state index contributed by atoms with van der Waals surface area (Å²) in [6.45, 7) is 7.90. The Bertz CT molecular complexity index is 1330. The first kappa shape index (κ1) is 25.3. The molecule has 3 aromatic rings. The van der Waals surface area contributed by atoms with Crippen LogP contribution in [0.25, 0.3) is 11.0 Å². The van der Waals surface area contributed by atoms with Gasteiger partial charge in [0.2, 0.25) is 11.9 Å². The maximum atomic E-state index is 13.2. The van der Waals surface area contributed by atoms with Crippen LogP contribution in [0.4, 0.5) is 5.95 Å². The molecule has 0 unspecified atom stereocenters. The third-order valence-electron chi connectivity index (χ3n) is 6.94. The van der Waals surface area contributed by atoms with E-state index < -0.39 is 0 Å². The SMILES string of the molecule is C=CC(=O)N1CCCC[C@@H](n2c(NC(=O)c3cccc(C)c3)nc3ccc(O[C@H]4CCOC4)c(Cl)c32)C1. The standard InChI is InChI=1S/C28H31ClN4O4/c1-3-24(34)32-13-5-4-9-20(16-32)33-26-22(10-11-23(25(26)29)37-21-12-14-36-17-21)30-28(33)31-27(35)19-8-6-7-18(2)15-19/h3,6-8,10-11,15,20-21H,1,4-5,9,12-14,16-17H2,2H3,(H,30,31,35)/t20-,21+/m1/s1. The number of aryl methyl sites for hydroxylation is 1. The molecule has 2 atom stereocenters. The molecule has 2 aromatic carbocycles. The van der Waals surface area contributed by atoms with Gasteiger partial charge in [0.1, 0.15) is 16.9 Å². The Hall–Kier alpha value is -3.36. The van der Waals surface area contributed by atoms with Crippen molar-refractivity contribution < 1.29 is 19.1 Å². The normalized spacial score (nSPS) is 20.0. The van der Waals surface area contributed by atoms with Crippen LogP contribution in [0.5, 0.6) is 5.75 Å². The number of nitrogens with zero attached hydrogens (tertiary/aromatic N) is 3. The summed E-state index contributed by atoms with van der Waals surface area (Å²) in [6, 6.07) is 10.9. The molecule has 2 aliphatic rings. The number of halogens is 1. The average Bonchev–Trinajstić information content (AvgIpc) is 3.46. The summed E-state index contributed by atoms with van der Waals surface area (Å²) in [5.74, 6) is 0.569. The lowest BCUT2D eigenvalue weighted by molar-refractivity contribution is -0.126. The summed E-state index contributed by atoms with van der Waals surface area (Å²) in [7, 11) is 0. The summed E-state index contributed by atoms with van der Waals surface area (Å²) < 4.78 is 13.6. The maximum absolute atomic E-state index is 13.2. The molecular weight excluding hydrogens is 492 g/mol. The monoisotopic (exact) mass is 522 g/mol. The maximum Gasteiger partial charge on any atom is 0.257 e. The van der Waals surface area contributed by atoms with E-state index in [1.807, 2.05) is 41.8 Å². The fourth-order valence-corrected chi connectivity index (χ4v) is 5.36. The van der Waals surface area contributed by atoms with Gasteiger partial charge in [-0.15, -0.1) is 0 Å². The minimum absolute atomic E-state index is 0.0644. The molecule has 9 heteroatoms. The summed E-state index contributed by atoms with van der Waals surface area (Å²) in [5.41, 5.74) is 2.85. The second kappa shape index (κ2) is 10.9. The second-order valence-electron chi connectivity index (χ2n) is 9.62. The van der Waals surface area contributed by atoms with Crippen LogP contribution < -0.4 is 10.1 Å².